The minimum Gasteiger partial charge on any atom is -0.317 e. The molecule has 6 heteroatoms. The minimum atomic E-state index is -0.292. The maximum Gasteiger partial charge on any atom is 0.293 e. The largest absolute Gasteiger partial charge is 0.317 e. The molecule has 4 nitrogen and oxygen atoms in total. The molecule has 0 atom stereocenters. The molecule has 0 unspecified atom stereocenters. The van der Waals surface area contributed by atoms with Gasteiger partial charge in [-0.05, 0) is 54.6 Å². The average Bonchev–Trinajstić information content (AvgIpc) is 3.11. The number of hydrogen-bond donors (Lipinski definition) is 0. The summed E-state index contributed by atoms with van der Waals surface area (Å²) in [5.74, 6) is -0.292. The predicted molar refractivity (Wildman–Crippen MR) is 98.4 cm³/mol. The summed E-state index contributed by atoms with van der Waals surface area (Å²) < 4.78 is 1.92. The highest BCUT2D eigenvalue weighted by molar-refractivity contribution is 8.18. The smallest absolute Gasteiger partial charge is 0.293 e. The first kappa shape index (κ1) is 16.6. The number of carbonyl (C=O) groups excluding carboxylic acids is 2. The molecule has 1 aliphatic heterocycles. The highest BCUT2D eigenvalue weighted by Gasteiger charge is 2.34. The summed E-state index contributed by atoms with van der Waals surface area (Å²) in [5, 5.41) is 0.404. The molecule has 3 rings (SSSR count). The van der Waals surface area contributed by atoms with Crippen LogP contribution < -0.4 is 0 Å². The minimum absolute atomic E-state index is 0.219. The van der Waals surface area contributed by atoms with Crippen molar-refractivity contribution in [1.29, 1.82) is 0 Å². The predicted octanol–water partition coefficient (Wildman–Crippen LogP) is 4.66. The van der Waals surface area contributed by atoms with E-state index in [4.69, 9.17) is 11.6 Å². The summed E-state index contributed by atoms with van der Waals surface area (Å²) in [5.41, 5.74) is 2.70. The van der Waals surface area contributed by atoms with Gasteiger partial charge in [0.15, 0.2) is 0 Å². The molecule has 0 saturated carbocycles. The van der Waals surface area contributed by atoms with Crippen LogP contribution in [-0.4, -0.2) is 27.2 Å². The summed E-state index contributed by atoms with van der Waals surface area (Å²) in [7, 11) is 0. The van der Waals surface area contributed by atoms with Crippen molar-refractivity contribution < 1.29 is 9.59 Å². The van der Waals surface area contributed by atoms with E-state index >= 15 is 0 Å². The van der Waals surface area contributed by atoms with Crippen molar-refractivity contribution in [3.05, 3.63) is 70.4 Å². The molecule has 1 aromatic carbocycles. The second kappa shape index (κ2) is 6.71. The Hall–Kier alpha value is -2.24. The van der Waals surface area contributed by atoms with Gasteiger partial charge in [-0.15, -0.1) is 6.58 Å². The van der Waals surface area contributed by atoms with Gasteiger partial charge in [-0.25, -0.2) is 0 Å². The van der Waals surface area contributed by atoms with Gasteiger partial charge in [-0.2, -0.15) is 0 Å². The molecule has 2 amide bonds. The maximum atomic E-state index is 12.3. The van der Waals surface area contributed by atoms with Crippen molar-refractivity contribution in [2.45, 2.75) is 6.92 Å². The van der Waals surface area contributed by atoms with Crippen molar-refractivity contribution in [2.24, 2.45) is 0 Å². The zero-order valence-corrected chi connectivity index (χ0v) is 14.6. The van der Waals surface area contributed by atoms with Crippen LogP contribution in [0.25, 0.3) is 11.8 Å². The molecule has 1 fully saturated rings. The number of amides is 2. The third-order valence-corrected chi connectivity index (χ3v) is 4.99. The standard InChI is InChI=1S/C18H15ClN2O2S/c1-3-8-21-17(22)16(24-18(21)23)11-13-5-4-9-20(13)14-7-6-12(2)15(19)10-14/h3-7,9-11H,1,8H2,2H3/b16-11+. The molecule has 0 spiro atoms. The lowest BCUT2D eigenvalue weighted by Crippen LogP contribution is -2.27. The summed E-state index contributed by atoms with van der Waals surface area (Å²) in [6.07, 6.45) is 5.15. The van der Waals surface area contributed by atoms with Crippen LogP contribution in [0.15, 0.2) is 54.1 Å². The van der Waals surface area contributed by atoms with Crippen molar-refractivity contribution in [3.8, 4) is 5.69 Å². The lowest BCUT2D eigenvalue weighted by molar-refractivity contribution is -0.122. The van der Waals surface area contributed by atoms with E-state index in [0.29, 0.717) is 9.93 Å². The number of nitrogens with zero attached hydrogens (tertiary/aromatic N) is 2. The maximum absolute atomic E-state index is 12.3. The quantitative estimate of drug-likeness (QED) is 0.589. The van der Waals surface area contributed by atoms with Crippen molar-refractivity contribution in [1.82, 2.24) is 9.47 Å². The number of aromatic nitrogens is 1. The summed E-state index contributed by atoms with van der Waals surface area (Å²) >= 11 is 7.14. The number of aryl methyl sites for hydroxylation is 1. The lowest BCUT2D eigenvalue weighted by Gasteiger charge is -2.09. The van der Waals surface area contributed by atoms with E-state index in [0.717, 1.165) is 28.7 Å². The van der Waals surface area contributed by atoms with Crippen LogP contribution in [-0.2, 0) is 4.79 Å². The fourth-order valence-electron chi connectivity index (χ4n) is 2.40. The van der Waals surface area contributed by atoms with Gasteiger partial charge in [-0.3, -0.25) is 14.5 Å². The summed E-state index contributed by atoms with van der Waals surface area (Å²) in [6.45, 7) is 5.73. The molecule has 0 aliphatic carbocycles. The van der Waals surface area contributed by atoms with Crippen molar-refractivity contribution in [3.63, 3.8) is 0 Å². The van der Waals surface area contributed by atoms with Crippen LogP contribution in [0.5, 0.6) is 0 Å². The van der Waals surface area contributed by atoms with Crippen LogP contribution in [0.1, 0.15) is 11.3 Å². The molecule has 1 aliphatic rings. The van der Waals surface area contributed by atoms with Crippen LogP contribution in [0, 0.1) is 6.92 Å². The molecule has 24 heavy (non-hydrogen) atoms. The highest BCUT2D eigenvalue weighted by atomic mass is 35.5. The third kappa shape index (κ3) is 3.05. The molecular weight excluding hydrogens is 344 g/mol. The molecule has 0 N–H and O–H groups in total. The summed E-state index contributed by atoms with van der Waals surface area (Å²) in [6, 6.07) is 9.54. The number of carbonyl (C=O) groups is 2. The van der Waals surface area contributed by atoms with Gasteiger partial charge in [0, 0.05) is 29.1 Å². The Labute approximate surface area is 149 Å². The highest BCUT2D eigenvalue weighted by Crippen LogP contribution is 2.32. The Balaban J connectivity index is 1.96. The zero-order valence-electron chi connectivity index (χ0n) is 13.0. The van der Waals surface area contributed by atoms with Crippen LogP contribution in [0.4, 0.5) is 4.79 Å². The molecule has 122 valence electrons. The van der Waals surface area contributed by atoms with Crippen LogP contribution in [0.2, 0.25) is 5.02 Å². The Kier molecular flexibility index (Phi) is 4.64. The number of benzene rings is 1. The molecule has 1 aromatic heterocycles. The SMILES string of the molecule is C=CCN1C(=O)S/C(=C/c2cccn2-c2ccc(C)c(Cl)c2)C1=O. The Bertz CT molecular complexity index is 870. The van der Waals surface area contributed by atoms with E-state index in [1.807, 2.05) is 48.0 Å². The van der Waals surface area contributed by atoms with Gasteiger partial charge in [0.2, 0.25) is 0 Å². The Morgan fingerprint density at radius 2 is 2.08 bits per heavy atom. The fraction of sp³-hybridized carbons (Fsp3) is 0.111. The Morgan fingerprint density at radius 1 is 1.29 bits per heavy atom. The molecule has 1 saturated heterocycles. The first-order chi connectivity index (χ1) is 11.5. The number of imide groups is 1. The van der Waals surface area contributed by atoms with Gasteiger partial charge in [0.25, 0.3) is 11.1 Å². The number of hydrogen-bond acceptors (Lipinski definition) is 3. The monoisotopic (exact) mass is 358 g/mol. The van der Waals surface area contributed by atoms with E-state index < -0.39 is 0 Å². The van der Waals surface area contributed by atoms with Gasteiger partial charge < -0.3 is 4.57 Å². The van der Waals surface area contributed by atoms with Gasteiger partial charge in [0.05, 0.1) is 4.91 Å². The van der Waals surface area contributed by atoms with E-state index in [2.05, 4.69) is 6.58 Å². The van der Waals surface area contributed by atoms with Gasteiger partial charge in [-0.1, -0.05) is 23.7 Å². The molecule has 0 bridgehead atoms. The second-order valence-electron chi connectivity index (χ2n) is 5.32. The molecular formula is C18H15ClN2O2S. The van der Waals surface area contributed by atoms with Crippen LogP contribution in [0.3, 0.4) is 0 Å². The fourth-order valence-corrected chi connectivity index (χ4v) is 3.41. The van der Waals surface area contributed by atoms with Gasteiger partial charge >= 0.3 is 0 Å². The van der Waals surface area contributed by atoms with E-state index in [-0.39, 0.29) is 17.7 Å². The first-order valence-electron chi connectivity index (χ1n) is 7.31. The normalized spacial score (nSPS) is 16.2. The topological polar surface area (TPSA) is 42.3 Å². The average molecular weight is 359 g/mol. The first-order valence-corrected chi connectivity index (χ1v) is 8.51. The third-order valence-electron chi connectivity index (χ3n) is 3.68. The number of halogens is 1. The van der Waals surface area contributed by atoms with E-state index in [9.17, 15) is 9.59 Å². The summed E-state index contributed by atoms with van der Waals surface area (Å²) in [4.78, 5) is 25.8. The number of rotatable bonds is 4. The molecule has 2 aromatic rings. The Morgan fingerprint density at radius 3 is 2.79 bits per heavy atom. The van der Waals surface area contributed by atoms with Crippen molar-refractivity contribution >= 4 is 40.6 Å². The molecule has 2 heterocycles. The van der Waals surface area contributed by atoms with Crippen LogP contribution >= 0.6 is 23.4 Å². The lowest BCUT2D eigenvalue weighted by atomic mass is 10.2. The zero-order chi connectivity index (χ0) is 17.3. The molecule has 0 radical (unpaired) electrons. The number of thioether (sulfide) groups is 1. The van der Waals surface area contributed by atoms with Crippen molar-refractivity contribution in [2.75, 3.05) is 6.54 Å². The van der Waals surface area contributed by atoms with Gasteiger partial charge in [0.1, 0.15) is 0 Å². The van der Waals surface area contributed by atoms with E-state index in [1.54, 1.807) is 6.08 Å². The van der Waals surface area contributed by atoms with E-state index in [1.165, 1.54) is 11.0 Å². The second-order valence-corrected chi connectivity index (χ2v) is 6.72.